The largest absolute Gasteiger partial charge is 0.496 e. The van der Waals surface area contributed by atoms with E-state index in [1.807, 2.05) is 0 Å². The quantitative estimate of drug-likeness (QED) is 0.851. The van der Waals surface area contributed by atoms with Crippen LogP contribution in [0.4, 0.5) is 11.4 Å². The first kappa shape index (κ1) is 13.6. The molecule has 0 bridgehead atoms. The van der Waals surface area contributed by atoms with Crippen molar-refractivity contribution < 1.29 is 19.0 Å². The predicted octanol–water partition coefficient (Wildman–Crippen LogP) is 2.36. The van der Waals surface area contributed by atoms with E-state index in [1.54, 1.807) is 30.7 Å². The zero-order valence-corrected chi connectivity index (χ0v) is 12.2. The molecule has 1 amide bonds. The van der Waals surface area contributed by atoms with Gasteiger partial charge >= 0.3 is 0 Å². The van der Waals surface area contributed by atoms with Crippen LogP contribution in [0.25, 0.3) is 0 Å². The SMILES string of the molecule is COc1csc(C(=O)Nc2cc3c(cc2N)OCCO3)c1. The highest BCUT2D eigenvalue weighted by molar-refractivity contribution is 7.12. The summed E-state index contributed by atoms with van der Waals surface area (Å²) >= 11 is 1.30. The molecule has 1 aromatic carbocycles. The second-order valence-electron chi connectivity index (χ2n) is 4.39. The van der Waals surface area contributed by atoms with E-state index in [1.165, 1.54) is 11.3 Å². The minimum atomic E-state index is -0.244. The molecule has 0 unspecified atom stereocenters. The molecule has 0 saturated carbocycles. The van der Waals surface area contributed by atoms with Gasteiger partial charge in [-0.25, -0.2) is 0 Å². The average Bonchev–Trinajstić information content (AvgIpc) is 2.97. The number of hydrogen-bond donors (Lipinski definition) is 2. The van der Waals surface area contributed by atoms with Gasteiger partial charge < -0.3 is 25.3 Å². The van der Waals surface area contributed by atoms with Crippen molar-refractivity contribution in [2.24, 2.45) is 0 Å². The Labute approximate surface area is 125 Å². The van der Waals surface area contributed by atoms with Crippen LogP contribution < -0.4 is 25.3 Å². The molecule has 110 valence electrons. The monoisotopic (exact) mass is 306 g/mol. The number of rotatable bonds is 3. The summed E-state index contributed by atoms with van der Waals surface area (Å²) in [6.07, 6.45) is 0. The molecule has 0 fully saturated rings. The van der Waals surface area contributed by atoms with Crippen molar-refractivity contribution in [2.75, 3.05) is 31.4 Å². The van der Waals surface area contributed by atoms with E-state index >= 15 is 0 Å². The lowest BCUT2D eigenvalue weighted by Gasteiger charge is -2.20. The molecule has 3 rings (SSSR count). The number of methoxy groups -OCH3 is 1. The molecular weight excluding hydrogens is 292 g/mol. The van der Waals surface area contributed by atoms with E-state index in [9.17, 15) is 4.79 Å². The van der Waals surface area contributed by atoms with Crippen LogP contribution in [-0.4, -0.2) is 26.2 Å². The van der Waals surface area contributed by atoms with Crippen LogP contribution in [0.5, 0.6) is 17.2 Å². The first-order valence-electron chi connectivity index (χ1n) is 6.30. The zero-order chi connectivity index (χ0) is 14.8. The minimum absolute atomic E-state index is 0.244. The molecule has 3 N–H and O–H groups in total. The molecule has 7 heteroatoms. The van der Waals surface area contributed by atoms with Crippen molar-refractivity contribution >= 4 is 28.6 Å². The third-order valence-corrected chi connectivity index (χ3v) is 3.90. The number of benzene rings is 1. The molecule has 1 aliphatic rings. The first-order valence-corrected chi connectivity index (χ1v) is 7.18. The highest BCUT2D eigenvalue weighted by Crippen LogP contribution is 2.37. The van der Waals surface area contributed by atoms with Gasteiger partial charge in [-0.1, -0.05) is 0 Å². The summed E-state index contributed by atoms with van der Waals surface area (Å²) in [7, 11) is 1.56. The Morgan fingerprint density at radius 1 is 1.29 bits per heavy atom. The smallest absolute Gasteiger partial charge is 0.265 e. The molecule has 2 aromatic rings. The average molecular weight is 306 g/mol. The normalized spacial score (nSPS) is 12.8. The van der Waals surface area contributed by atoms with Crippen LogP contribution >= 0.6 is 11.3 Å². The minimum Gasteiger partial charge on any atom is -0.496 e. The topological polar surface area (TPSA) is 82.8 Å². The van der Waals surface area contributed by atoms with Crippen LogP contribution in [0.15, 0.2) is 23.6 Å². The van der Waals surface area contributed by atoms with E-state index in [4.69, 9.17) is 19.9 Å². The number of thiophene rings is 1. The Hall–Kier alpha value is -2.41. The van der Waals surface area contributed by atoms with Gasteiger partial charge in [-0.2, -0.15) is 0 Å². The van der Waals surface area contributed by atoms with Gasteiger partial charge in [0.05, 0.1) is 23.4 Å². The molecule has 0 radical (unpaired) electrons. The highest BCUT2D eigenvalue weighted by Gasteiger charge is 2.17. The number of fused-ring (bicyclic) bond motifs is 1. The van der Waals surface area contributed by atoms with Crippen molar-refractivity contribution in [1.82, 2.24) is 0 Å². The van der Waals surface area contributed by atoms with E-state index < -0.39 is 0 Å². The van der Waals surface area contributed by atoms with Gasteiger partial charge in [-0.15, -0.1) is 11.3 Å². The predicted molar refractivity (Wildman–Crippen MR) is 80.7 cm³/mol. The third-order valence-electron chi connectivity index (χ3n) is 3.00. The molecule has 1 aromatic heterocycles. The number of hydrogen-bond acceptors (Lipinski definition) is 6. The number of amides is 1. The van der Waals surface area contributed by atoms with Crippen LogP contribution in [0.1, 0.15) is 9.67 Å². The van der Waals surface area contributed by atoms with Crippen LogP contribution in [0.3, 0.4) is 0 Å². The number of carbonyl (C=O) groups is 1. The summed E-state index contributed by atoms with van der Waals surface area (Å²) in [6.45, 7) is 0.972. The van der Waals surface area contributed by atoms with E-state index in [2.05, 4.69) is 5.32 Å². The molecule has 0 spiro atoms. The second kappa shape index (κ2) is 5.53. The summed E-state index contributed by atoms with van der Waals surface area (Å²) < 4.78 is 16.0. The lowest BCUT2D eigenvalue weighted by molar-refractivity contribution is 0.103. The molecule has 0 aliphatic carbocycles. The van der Waals surface area contributed by atoms with Gasteiger partial charge in [0.15, 0.2) is 11.5 Å². The number of nitrogens with two attached hydrogens (primary N) is 1. The maximum atomic E-state index is 12.2. The lowest BCUT2D eigenvalue weighted by Crippen LogP contribution is -2.17. The van der Waals surface area contributed by atoms with Gasteiger partial charge in [-0.3, -0.25) is 4.79 Å². The van der Waals surface area contributed by atoms with Gasteiger partial charge in [0, 0.05) is 23.6 Å². The molecule has 21 heavy (non-hydrogen) atoms. The van der Waals surface area contributed by atoms with Crippen LogP contribution in [-0.2, 0) is 0 Å². The van der Waals surface area contributed by atoms with Crippen molar-refractivity contribution in [3.63, 3.8) is 0 Å². The maximum Gasteiger partial charge on any atom is 0.265 e. The Morgan fingerprint density at radius 2 is 2.00 bits per heavy atom. The number of ether oxygens (including phenoxy) is 3. The molecule has 6 nitrogen and oxygen atoms in total. The Bertz CT molecular complexity index is 684. The number of carbonyl (C=O) groups excluding carboxylic acids is 1. The van der Waals surface area contributed by atoms with Gasteiger partial charge in [0.2, 0.25) is 0 Å². The molecule has 0 atom stereocenters. The lowest BCUT2D eigenvalue weighted by atomic mass is 10.2. The fraction of sp³-hybridized carbons (Fsp3) is 0.214. The number of nitrogens with one attached hydrogen (secondary N) is 1. The molecule has 0 saturated heterocycles. The van der Waals surface area contributed by atoms with E-state index in [0.717, 1.165) is 0 Å². The number of nitrogen functional groups attached to an aromatic ring is 1. The highest BCUT2D eigenvalue weighted by atomic mass is 32.1. The van der Waals surface area contributed by atoms with Gasteiger partial charge in [-0.05, 0) is 0 Å². The summed E-state index contributed by atoms with van der Waals surface area (Å²) in [6, 6.07) is 5.00. The van der Waals surface area contributed by atoms with Crippen molar-refractivity contribution in [3.8, 4) is 17.2 Å². The summed E-state index contributed by atoms with van der Waals surface area (Å²) in [4.78, 5) is 12.7. The standard InChI is InChI=1S/C14H14N2O4S/c1-18-8-4-13(21-7-8)14(17)16-10-6-12-11(5-9(10)15)19-2-3-20-12/h4-7H,2-3,15H2,1H3,(H,16,17). The fourth-order valence-corrected chi connectivity index (χ4v) is 2.69. The molecule has 2 heterocycles. The first-order chi connectivity index (χ1) is 10.2. The summed E-state index contributed by atoms with van der Waals surface area (Å²) in [5.74, 6) is 1.58. The van der Waals surface area contributed by atoms with Gasteiger partial charge in [0.25, 0.3) is 5.91 Å². The Kier molecular flexibility index (Phi) is 3.57. The van der Waals surface area contributed by atoms with Crippen molar-refractivity contribution in [3.05, 3.63) is 28.5 Å². The van der Waals surface area contributed by atoms with Crippen LogP contribution in [0, 0.1) is 0 Å². The molecule has 1 aliphatic heterocycles. The van der Waals surface area contributed by atoms with Crippen molar-refractivity contribution in [1.29, 1.82) is 0 Å². The maximum absolute atomic E-state index is 12.2. The summed E-state index contributed by atoms with van der Waals surface area (Å²) in [5.41, 5.74) is 6.85. The second-order valence-corrected chi connectivity index (χ2v) is 5.30. The van der Waals surface area contributed by atoms with E-state index in [0.29, 0.717) is 46.7 Å². The number of anilines is 2. The van der Waals surface area contributed by atoms with Crippen LogP contribution in [0.2, 0.25) is 0 Å². The Balaban J connectivity index is 1.82. The van der Waals surface area contributed by atoms with Crippen molar-refractivity contribution in [2.45, 2.75) is 0 Å². The van der Waals surface area contributed by atoms with Gasteiger partial charge in [0.1, 0.15) is 19.0 Å². The molecular formula is C14H14N2O4S. The zero-order valence-electron chi connectivity index (χ0n) is 11.3. The fourth-order valence-electron chi connectivity index (χ4n) is 1.94. The Morgan fingerprint density at radius 3 is 2.67 bits per heavy atom. The van der Waals surface area contributed by atoms with E-state index in [-0.39, 0.29) is 5.91 Å². The summed E-state index contributed by atoms with van der Waals surface area (Å²) in [5, 5.41) is 4.54. The third kappa shape index (κ3) is 2.73.